The Balaban J connectivity index is 1.87. The molecule has 2 aromatic heterocycles. The Labute approximate surface area is 185 Å². The summed E-state index contributed by atoms with van der Waals surface area (Å²) in [6, 6.07) is 7.34. The zero-order valence-corrected chi connectivity index (χ0v) is 18.4. The summed E-state index contributed by atoms with van der Waals surface area (Å²) >= 11 is 0. The first kappa shape index (κ1) is 22.9. The summed E-state index contributed by atoms with van der Waals surface area (Å²) < 4.78 is 11.4. The highest BCUT2D eigenvalue weighted by Gasteiger charge is 2.26. The van der Waals surface area contributed by atoms with Crippen molar-refractivity contribution in [1.82, 2.24) is 30.7 Å². The van der Waals surface area contributed by atoms with E-state index < -0.39 is 5.91 Å². The second-order valence-corrected chi connectivity index (χ2v) is 7.14. The zero-order chi connectivity index (χ0) is 22.9. The molecule has 0 saturated heterocycles. The van der Waals surface area contributed by atoms with Crippen LogP contribution in [0.3, 0.4) is 0 Å². The minimum atomic E-state index is -0.500. The summed E-state index contributed by atoms with van der Waals surface area (Å²) in [7, 11) is 1.57. The highest BCUT2D eigenvalue weighted by Crippen LogP contribution is 2.16. The van der Waals surface area contributed by atoms with E-state index in [1.807, 2.05) is 24.3 Å². The third-order valence-electron chi connectivity index (χ3n) is 4.81. The number of benzene rings is 1. The topological polar surface area (TPSA) is 151 Å². The Bertz CT molecular complexity index is 1050. The Morgan fingerprint density at radius 1 is 1.28 bits per heavy atom. The second kappa shape index (κ2) is 11.0. The lowest BCUT2D eigenvalue weighted by Crippen LogP contribution is -3.10. The molecule has 3 aromatic rings. The summed E-state index contributed by atoms with van der Waals surface area (Å²) in [5.74, 6) is 0.394. The van der Waals surface area contributed by atoms with Crippen molar-refractivity contribution in [2.75, 3.05) is 25.9 Å². The van der Waals surface area contributed by atoms with E-state index in [0.29, 0.717) is 18.0 Å². The monoisotopic (exact) mass is 442 g/mol. The average molecular weight is 443 g/mol. The number of ether oxygens (including phenoxy) is 1. The van der Waals surface area contributed by atoms with Crippen LogP contribution in [0, 0.1) is 0 Å². The molecule has 1 aromatic carbocycles. The number of amides is 1. The Morgan fingerprint density at radius 2 is 2.03 bits per heavy atom. The van der Waals surface area contributed by atoms with Gasteiger partial charge in [-0.05, 0) is 35.3 Å². The Hall–Kier alpha value is -3.80. The van der Waals surface area contributed by atoms with Gasteiger partial charge in [0.2, 0.25) is 11.6 Å². The molecule has 4 N–H and O–H groups in total. The lowest BCUT2D eigenvalue weighted by molar-refractivity contribution is -0.914. The number of carbonyl (C=O) groups excluding carboxylic acids is 1. The number of carbonyl (C=O) groups is 1. The number of aromatic nitrogens is 5. The van der Waals surface area contributed by atoms with Crippen molar-refractivity contribution in [3.05, 3.63) is 41.2 Å². The number of hydrogen-bond donors (Lipinski definition) is 3. The van der Waals surface area contributed by atoms with Crippen LogP contribution < -0.4 is 20.8 Å². The van der Waals surface area contributed by atoms with Gasteiger partial charge in [-0.15, -0.1) is 5.10 Å². The molecule has 0 atom stereocenters. The third kappa shape index (κ3) is 5.27. The average Bonchev–Trinajstić information content (AvgIpc) is 3.40. The molecule has 0 saturated carbocycles. The first-order chi connectivity index (χ1) is 15.6. The number of nitrogen functional groups attached to an aromatic ring is 1. The maximum atomic E-state index is 12.9. The normalized spacial score (nSPS) is 11.4. The van der Waals surface area contributed by atoms with Gasteiger partial charge in [-0.2, -0.15) is 9.78 Å². The number of nitrogens with one attached hydrogen (secondary N) is 2. The van der Waals surface area contributed by atoms with E-state index in [1.165, 1.54) is 15.8 Å². The lowest BCUT2D eigenvalue weighted by atomic mass is 10.2. The van der Waals surface area contributed by atoms with Gasteiger partial charge in [0, 0.05) is 5.56 Å². The molecule has 0 fully saturated rings. The minimum Gasteiger partial charge on any atom is -0.496 e. The fourth-order valence-electron chi connectivity index (χ4n) is 3.38. The molecule has 0 radical (unpaired) electrons. The van der Waals surface area contributed by atoms with Crippen LogP contribution in [-0.4, -0.2) is 57.6 Å². The maximum absolute atomic E-state index is 12.9. The fraction of sp³-hybridized carbons (Fsp3) is 0.400. The number of nitrogens with zero attached hydrogens (tertiary/aromatic N) is 6. The first-order valence-electron chi connectivity index (χ1n) is 10.4. The molecule has 0 bridgehead atoms. The van der Waals surface area contributed by atoms with E-state index in [-0.39, 0.29) is 17.3 Å². The summed E-state index contributed by atoms with van der Waals surface area (Å²) in [6.07, 6.45) is 3.50. The minimum absolute atomic E-state index is 0.0600. The molecular weight excluding hydrogens is 414 g/mol. The van der Waals surface area contributed by atoms with E-state index in [4.69, 9.17) is 15.1 Å². The van der Waals surface area contributed by atoms with Crippen molar-refractivity contribution in [2.45, 2.75) is 33.2 Å². The van der Waals surface area contributed by atoms with Crippen LogP contribution in [0.25, 0.3) is 5.82 Å². The quantitative estimate of drug-likeness (QED) is 0.282. The van der Waals surface area contributed by atoms with Crippen LogP contribution >= 0.6 is 0 Å². The molecule has 170 valence electrons. The Morgan fingerprint density at radius 3 is 2.69 bits per heavy atom. The fourth-order valence-corrected chi connectivity index (χ4v) is 3.38. The van der Waals surface area contributed by atoms with Crippen LogP contribution in [0.5, 0.6) is 5.75 Å². The van der Waals surface area contributed by atoms with E-state index in [0.717, 1.165) is 31.5 Å². The van der Waals surface area contributed by atoms with E-state index >= 15 is 0 Å². The van der Waals surface area contributed by atoms with E-state index in [1.54, 1.807) is 7.11 Å². The molecule has 0 unspecified atom stereocenters. The molecular formula is C20H28N9O3+. The van der Waals surface area contributed by atoms with Crippen LogP contribution in [0.4, 0.5) is 5.82 Å². The number of nitrogens with two attached hydrogens (primary N) is 1. The molecule has 2 heterocycles. The van der Waals surface area contributed by atoms with Gasteiger partial charge in [0.15, 0.2) is 5.69 Å². The highest BCUT2D eigenvalue weighted by atomic mass is 16.6. The predicted molar refractivity (Wildman–Crippen MR) is 117 cm³/mol. The molecule has 32 heavy (non-hydrogen) atoms. The zero-order valence-electron chi connectivity index (χ0n) is 18.4. The van der Waals surface area contributed by atoms with Gasteiger partial charge in [0.25, 0.3) is 5.91 Å². The van der Waals surface area contributed by atoms with Gasteiger partial charge in [0.1, 0.15) is 18.0 Å². The van der Waals surface area contributed by atoms with Crippen molar-refractivity contribution >= 4 is 17.9 Å². The molecule has 0 aliphatic heterocycles. The summed E-state index contributed by atoms with van der Waals surface area (Å²) in [6.45, 7) is 6.59. The largest absolute Gasteiger partial charge is 0.496 e. The number of rotatable bonds is 11. The van der Waals surface area contributed by atoms with Gasteiger partial charge in [-0.3, -0.25) is 4.79 Å². The number of hydrogen-bond acceptors (Lipinski definition) is 9. The molecule has 0 aliphatic carbocycles. The first-order valence-corrected chi connectivity index (χ1v) is 10.4. The van der Waals surface area contributed by atoms with Gasteiger partial charge >= 0.3 is 0 Å². The van der Waals surface area contributed by atoms with E-state index in [9.17, 15) is 4.79 Å². The molecule has 0 aliphatic rings. The van der Waals surface area contributed by atoms with Crippen LogP contribution in [0.1, 0.15) is 48.4 Å². The van der Waals surface area contributed by atoms with Crippen LogP contribution in [0.15, 0.2) is 34.0 Å². The van der Waals surface area contributed by atoms with Gasteiger partial charge in [0.05, 0.1) is 26.4 Å². The molecule has 0 spiro atoms. The Kier molecular flexibility index (Phi) is 7.86. The lowest BCUT2D eigenvalue weighted by Gasteiger charge is -2.18. The summed E-state index contributed by atoms with van der Waals surface area (Å²) in [5, 5.41) is 19.6. The van der Waals surface area contributed by atoms with Crippen molar-refractivity contribution in [3.8, 4) is 11.6 Å². The summed E-state index contributed by atoms with van der Waals surface area (Å²) in [5.41, 5.74) is 9.77. The molecule has 3 rings (SSSR count). The van der Waals surface area contributed by atoms with Crippen LogP contribution in [0.2, 0.25) is 0 Å². The molecule has 12 nitrogen and oxygen atoms in total. The number of hydrazone groups is 1. The predicted octanol–water partition coefficient (Wildman–Crippen LogP) is 0.210. The van der Waals surface area contributed by atoms with Gasteiger partial charge in [-0.1, -0.05) is 31.2 Å². The smallest absolute Gasteiger partial charge is 0.294 e. The highest BCUT2D eigenvalue weighted by molar-refractivity contribution is 5.94. The third-order valence-corrected chi connectivity index (χ3v) is 4.81. The number of anilines is 1. The van der Waals surface area contributed by atoms with Crippen molar-refractivity contribution in [2.24, 2.45) is 5.10 Å². The molecule has 1 amide bonds. The SMILES string of the molecule is CCC[NH+](CCC)Cc1c(C(=O)NN=Cc2ccccc2OC)nnn1-c1nonc1N. The second-order valence-electron chi connectivity index (χ2n) is 7.14. The molecule has 12 heteroatoms. The van der Waals surface area contributed by atoms with Crippen molar-refractivity contribution < 1.29 is 19.1 Å². The summed E-state index contributed by atoms with van der Waals surface area (Å²) in [4.78, 5) is 14.2. The van der Waals surface area contributed by atoms with E-state index in [2.05, 4.69) is 45.0 Å². The van der Waals surface area contributed by atoms with Crippen molar-refractivity contribution in [1.29, 1.82) is 0 Å². The maximum Gasteiger partial charge on any atom is 0.294 e. The standard InChI is InChI=1S/C20H27N9O3/c1-4-10-28(11-5-2)13-15-17(23-27-29(15)19-18(21)25-32-26-19)20(30)24-22-12-14-8-6-7-9-16(14)31-3/h6-9,12H,4-5,10-11,13H2,1-3H3,(H2,21,25)(H,24,30)/p+1. The van der Waals surface area contributed by atoms with Crippen molar-refractivity contribution in [3.63, 3.8) is 0 Å². The number of para-hydroxylation sites is 1. The number of quaternary nitrogens is 1. The van der Waals surface area contributed by atoms with Crippen LogP contribution in [-0.2, 0) is 6.54 Å². The van der Waals surface area contributed by atoms with Gasteiger partial charge in [-0.25, -0.2) is 10.1 Å². The van der Waals surface area contributed by atoms with Gasteiger partial charge < -0.3 is 15.4 Å². The number of methoxy groups -OCH3 is 1.